The highest BCUT2D eigenvalue weighted by Crippen LogP contribution is 2.26. The fraction of sp³-hybridized carbons (Fsp3) is 0.294. The normalized spacial score (nSPS) is 12.2. The van der Waals surface area contributed by atoms with E-state index < -0.39 is 0 Å². The summed E-state index contributed by atoms with van der Waals surface area (Å²) in [6, 6.07) is 15.1. The van der Waals surface area contributed by atoms with Crippen molar-refractivity contribution >= 4 is 0 Å². The largest absolute Gasteiger partial charge is 0.496 e. The van der Waals surface area contributed by atoms with Crippen LogP contribution < -0.4 is 10.5 Å². The molecule has 1 unspecified atom stereocenters. The van der Waals surface area contributed by atoms with Gasteiger partial charge in [-0.3, -0.25) is 0 Å². The molecule has 0 radical (unpaired) electrons. The summed E-state index contributed by atoms with van der Waals surface area (Å²) in [6.07, 6.45) is 0.919. The summed E-state index contributed by atoms with van der Waals surface area (Å²) in [5.41, 5.74) is 10.7. The first-order chi connectivity index (χ1) is 9.10. The molecule has 0 aliphatic rings. The van der Waals surface area contributed by atoms with Crippen molar-refractivity contribution in [2.75, 3.05) is 7.11 Å². The van der Waals surface area contributed by atoms with Gasteiger partial charge in [0.1, 0.15) is 5.75 Å². The molecule has 0 aliphatic heterocycles. The lowest BCUT2D eigenvalue weighted by Crippen LogP contribution is -2.17. The Morgan fingerprint density at radius 2 is 1.68 bits per heavy atom. The van der Waals surface area contributed by atoms with Crippen molar-refractivity contribution in [2.45, 2.75) is 26.3 Å². The zero-order valence-electron chi connectivity index (χ0n) is 11.8. The van der Waals surface area contributed by atoms with Crippen LogP contribution in [0.25, 0.3) is 11.1 Å². The fourth-order valence-electron chi connectivity index (χ4n) is 2.26. The molecular formula is C17H21NO. The van der Waals surface area contributed by atoms with E-state index in [4.69, 9.17) is 10.5 Å². The second-order valence-corrected chi connectivity index (χ2v) is 5.06. The van der Waals surface area contributed by atoms with Crippen LogP contribution in [0.3, 0.4) is 0 Å². The second kappa shape index (κ2) is 5.89. The Kier molecular flexibility index (Phi) is 4.23. The van der Waals surface area contributed by atoms with Crippen molar-refractivity contribution in [2.24, 2.45) is 5.73 Å². The maximum atomic E-state index is 5.81. The SMILES string of the molecule is COc1ccc(-c2ccc(CC(C)N)cc2)cc1C. The number of methoxy groups -OCH3 is 1. The van der Waals surface area contributed by atoms with Gasteiger partial charge in [0.05, 0.1) is 7.11 Å². The third kappa shape index (κ3) is 3.36. The molecule has 0 saturated heterocycles. The smallest absolute Gasteiger partial charge is 0.121 e. The molecule has 0 amide bonds. The maximum absolute atomic E-state index is 5.81. The number of aryl methyl sites for hydroxylation is 1. The van der Waals surface area contributed by atoms with Crippen LogP contribution in [0.5, 0.6) is 5.75 Å². The number of hydrogen-bond donors (Lipinski definition) is 1. The zero-order chi connectivity index (χ0) is 13.8. The summed E-state index contributed by atoms with van der Waals surface area (Å²) in [5.74, 6) is 0.928. The Hall–Kier alpha value is -1.80. The Morgan fingerprint density at radius 3 is 2.21 bits per heavy atom. The van der Waals surface area contributed by atoms with Gasteiger partial charge in [0.2, 0.25) is 0 Å². The molecule has 2 rings (SSSR count). The summed E-state index contributed by atoms with van der Waals surface area (Å²) in [7, 11) is 1.70. The molecule has 0 fully saturated rings. The average molecular weight is 255 g/mol. The summed E-state index contributed by atoms with van der Waals surface area (Å²) in [5, 5.41) is 0. The van der Waals surface area contributed by atoms with Crippen molar-refractivity contribution in [1.29, 1.82) is 0 Å². The molecule has 2 N–H and O–H groups in total. The first-order valence-corrected chi connectivity index (χ1v) is 6.59. The molecule has 2 aromatic carbocycles. The van der Waals surface area contributed by atoms with Crippen molar-refractivity contribution in [1.82, 2.24) is 0 Å². The third-order valence-electron chi connectivity index (χ3n) is 3.24. The van der Waals surface area contributed by atoms with Crippen LogP contribution in [0.4, 0.5) is 0 Å². The predicted octanol–water partition coefficient (Wildman–Crippen LogP) is 3.56. The summed E-state index contributed by atoms with van der Waals surface area (Å²) in [4.78, 5) is 0. The molecule has 0 bridgehead atoms. The molecule has 0 spiro atoms. The molecule has 1 atom stereocenters. The number of hydrogen-bond acceptors (Lipinski definition) is 2. The van der Waals surface area contributed by atoms with Crippen molar-refractivity contribution in [3.63, 3.8) is 0 Å². The zero-order valence-corrected chi connectivity index (χ0v) is 11.8. The van der Waals surface area contributed by atoms with Crippen LogP contribution in [0, 0.1) is 6.92 Å². The lowest BCUT2D eigenvalue weighted by Gasteiger charge is -2.09. The van der Waals surface area contributed by atoms with Gasteiger partial charge in [-0.2, -0.15) is 0 Å². The van der Waals surface area contributed by atoms with Gasteiger partial charge >= 0.3 is 0 Å². The minimum Gasteiger partial charge on any atom is -0.496 e. The lowest BCUT2D eigenvalue weighted by molar-refractivity contribution is 0.412. The Bertz CT molecular complexity index is 544. The average Bonchev–Trinajstić information content (AvgIpc) is 2.39. The Labute approximate surface area is 115 Å². The molecule has 100 valence electrons. The van der Waals surface area contributed by atoms with Crippen molar-refractivity contribution in [3.05, 3.63) is 53.6 Å². The summed E-state index contributed by atoms with van der Waals surface area (Å²) in [6.45, 7) is 4.09. The monoisotopic (exact) mass is 255 g/mol. The van der Waals surface area contributed by atoms with Crippen LogP contribution in [-0.4, -0.2) is 13.2 Å². The van der Waals surface area contributed by atoms with Gasteiger partial charge in [-0.1, -0.05) is 30.3 Å². The molecular weight excluding hydrogens is 234 g/mol. The van der Waals surface area contributed by atoms with Crippen LogP contribution in [0.15, 0.2) is 42.5 Å². The van der Waals surface area contributed by atoms with Crippen molar-refractivity contribution in [3.8, 4) is 16.9 Å². The van der Waals surface area contributed by atoms with E-state index in [0.717, 1.165) is 17.7 Å². The van der Waals surface area contributed by atoms with Crippen LogP contribution in [0.1, 0.15) is 18.1 Å². The van der Waals surface area contributed by atoms with E-state index in [1.807, 2.05) is 13.0 Å². The standard InChI is InChI=1S/C17H21NO/c1-12-10-16(8-9-17(12)19-3)15-6-4-14(5-7-15)11-13(2)18/h4-10,13H,11,18H2,1-3H3. The highest BCUT2D eigenvalue weighted by atomic mass is 16.5. The van der Waals surface area contributed by atoms with Gasteiger partial charge in [0, 0.05) is 6.04 Å². The summed E-state index contributed by atoms with van der Waals surface area (Å²) >= 11 is 0. The predicted molar refractivity (Wildman–Crippen MR) is 80.5 cm³/mol. The van der Waals surface area contributed by atoms with Gasteiger partial charge in [-0.05, 0) is 54.7 Å². The van der Waals surface area contributed by atoms with E-state index in [1.54, 1.807) is 7.11 Å². The molecule has 19 heavy (non-hydrogen) atoms. The fourth-order valence-corrected chi connectivity index (χ4v) is 2.26. The first kappa shape index (κ1) is 13.6. The van der Waals surface area contributed by atoms with E-state index in [-0.39, 0.29) is 6.04 Å². The van der Waals surface area contributed by atoms with Gasteiger partial charge in [-0.15, -0.1) is 0 Å². The van der Waals surface area contributed by atoms with E-state index in [9.17, 15) is 0 Å². The molecule has 0 saturated carbocycles. The van der Waals surface area contributed by atoms with E-state index in [2.05, 4.69) is 43.3 Å². The van der Waals surface area contributed by atoms with E-state index in [1.165, 1.54) is 16.7 Å². The van der Waals surface area contributed by atoms with E-state index in [0.29, 0.717) is 0 Å². The minimum atomic E-state index is 0.203. The molecule has 0 aromatic heterocycles. The van der Waals surface area contributed by atoms with Crippen LogP contribution in [0.2, 0.25) is 0 Å². The highest BCUT2D eigenvalue weighted by Gasteiger charge is 2.03. The number of rotatable bonds is 4. The van der Waals surface area contributed by atoms with Crippen LogP contribution >= 0.6 is 0 Å². The van der Waals surface area contributed by atoms with Crippen LogP contribution in [-0.2, 0) is 6.42 Å². The Morgan fingerprint density at radius 1 is 1.05 bits per heavy atom. The van der Waals surface area contributed by atoms with Gasteiger partial charge in [0.15, 0.2) is 0 Å². The topological polar surface area (TPSA) is 35.2 Å². The van der Waals surface area contributed by atoms with E-state index >= 15 is 0 Å². The highest BCUT2D eigenvalue weighted by molar-refractivity contribution is 5.65. The lowest BCUT2D eigenvalue weighted by atomic mass is 10.00. The third-order valence-corrected chi connectivity index (χ3v) is 3.24. The second-order valence-electron chi connectivity index (χ2n) is 5.06. The summed E-state index contributed by atoms with van der Waals surface area (Å²) < 4.78 is 5.28. The van der Waals surface area contributed by atoms with Crippen molar-refractivity contribution < 1.29 is 4.74 Å². The quantitative estimate of drug-likeness (QED) is 0.906. The first-order valence-electron chi connectivity index (χ1n) is 6.59. The molecule has 2 nitrogen and oxygen atoms in total. The number of benzene rings is 2. The number of nitrogens with two attached hydrogens (primary N) is 1. The molecule has 0 heterocycles. The molecule has 2 aromatic rings. The molecule has 0 aliphatic carbocycles. The number of ether oxygens (including phenoxy) is 1. The van der Waals surface area contributed by atoms with Gasteiger partial charge < -0.3 is 10.5 Å². The van der Waals surface area contributed by atoms with Gasteiger partial charge in [-0.25, -0.2) is 0 Å². The maximum Gasteiger partial charge on any atom is 0.121 e. The van der Waals surface area contributed by atoms with Gasteiger partial charge in [0.25, 0.3) is 0 Å². The molecule has 2 heteroatoms. The Balaban J connectivity index is 2.24. The minimum absolute atomic E-state index is 0.203.